The first-order chi connectivity index (χ1) is 8.40. The summed E-state index contributed by atoms with van der Waals surface area (Å²) in [6, 6.07) is 9.71. The van der Waals surface area contributed by atoms with E-state index in [4.69, 9.17) is 5.26 Å². The molecule has 17 heavy (non-hydrogen) atoms. The van der Waals surface area contributed by atoms with Crippen molar-refractivity contribution in [1.82, 2.24) is 10.2 Å². The second-order valence-electron chi connectivity index (χ2n) is 4.06. The zero-order valence-corrected chi connectivity index (χ0v) is 9.76. The molecule has 1 aromatic carbocycles. The van der Waals surface area contributed by atoms with E-state index in [1.54, 1.807) is 0 Å². The molecular weight excluding hydrogens is 212 g/mol. The fraction of sp³-hybridized carbons (Fsp3) is 0.385. The van der Waals surface area contributed by atoms with Gasteiger partial charge in [-0.05, 0) is 31.4 Å². The van der Waals surface area contributed by atoms with Crippen LogP contribution in [0.3, 0.4) is 0 Å². The van der Waals surface area contributed by atoms with Crippen LogP contribution in [0.15, 0.2) is 35.3 Å². The van der Waals surface area contributed by atoms with Gasteiger partial charge in [-0.15, -0.1) is 0 Å². The fourth-order valence-electron chi connectivity index (χ4n) is 1.96. The first-order valence-corrected chi connectivity index (χ1v) is 5.94. The topological polar surface area (TPSA) is 51.4 Å². The number of aliphatic imine (C=N–C) groups is 1. The standard InChI is InChI=1S/C13H16N4/c14-11-15-13(17-9-5-2-6-10-17)16-12-7-3-1-4-8-12/h1,3-4,7-8H,2,5-6,9-10H2,(H,15,16). The molecule has 1 N–H and O–H groups in total. The van der Waals surface area contributed by atoms with E-state index in [1.165, 1.54) is 19.3 Å². The van der Waals surface area contributed by atoms with Crippen molar-refractivity contribution >= 4 is 11.6 Å². The van der Waals surface area contributed by atoms with Crippen molar-refractivity contribution in [3.8, 4) is 6.19 Å². The maximum absolute atomic E-state index is 8.78. The summed E-state index contributed by atoms with van der Waals surface area (Å²) in [5.74, 6) is 0.665. The van der Waals surface area contributed by atoms with Crippen molar-refractivity contribution in [2.45, 2.75) is 19.3 Å². The monoisotopic (exact) mass is 228 g/mol. The Morgan fingerprint density at radius 2 is 1.88 bits per heavy atom. The van der Waals surface area contributed by atoms with Gasteiger partial charge in [0.1, 0.15) is 0 Å². The molecule has 1 aromatic rings. The lowest BCUT2D eigenvalue weighted by molar-refractivity contribution is 0.335. The van der Waals surface area contributed by atoms with Crippen LogP contribution in [0.2, 0.25) is 0 Å². The Hall–Kier alpha value is -2.02. The molecule has 0 amide bonds. The van der Waals surface area contributed by atoms with E-state index in [2.05, 4.69) is 15.2 Å². The summed E-state index contributed by atoms with van der Waals surface area (Å²) in [6.07, 6.45) is 5.56. The molecule has 1 aliphatic rings. The van der Waals surface area contributed by atoms with Crippen molar-refractivity contribution in [3.05, 3.63) is 30.3 Å². The van der Waals surface area contributed by atoms with Crippen LogP contribution in [0.25, 0.3) is 0 Å². The third-order valence-corrected chi connectivity index (χ3v) is 2.81. The summed E-state index contributed by atoms with van der Waals surface area (Å²) in [6.45, 7) is 1.95. The summed E-state index contributed by atoms with van der Waals surface area (Å²) < 4.78 is 0. The Morgan fingerprint density at radius 1 is 1.18 bits per heavy atom. The largest absolute Gasteiger partial charge is 0.342 e. The molecule has 0 saturated carbocycles. The average molecular weight is 228 g/mol. The predicted octanol–water partition coefficient (Wildman–Crippen LogP) is 2.23. The number of benzene rings is 1. The summed E-state index contributed by atoms with van der Waals surface area (Å²) >= 11 is 0. The van der Waals surface area contributed by atoms with Gasteiger partial charge >= 0.3 is 0 Å². The molecule has 1 fully saturated rings. The van der Waals surface area contributed by atoms with Crippen molar-refractivity contribution in [3.63, 3.8) is 0 Å². The molecular formula is C13H16N4. The van der Waals surface area contributed by atoms with Gasteiger partial charge in [-0.25, -0.2) is 4.99 Å². The van der Waals surface area contributed by atoms with Crippen LogP contribution >= 0.6 is 0 Å². The fourth-order valence-corrected chi connectivity index (χ4v) is 1.96. The van der Waals surface area contributed by atoms with Crippen molar-refractivity contribution < 1.29 is 0 Å². The minimum absolute atomic E-state index is 0.665. The van der Waals surface area contributed by atoms with Crippen LogP contribution in [0.1, 0.15) is 19.3 Å². The molecule has 0 radical (unpaired) electrons. The Labute approximate surface area is 102 Å². The van der Waals surface area contributed by atoms with Gasteiger partial charge in [0, 0.05) is 13.1 Å². The van der Waals surface area contributed by atoms with Crippen LogP contribution in [-0.2, 0) is 0 Å². The molecule has 4 heteroatoms. The number of hydrogen-bond acceptors (Lipinski definition) is 2. The van der Waals surface area contributed by atoms with Gasteiger partial charge in [-0.1, -0.05) is 18.2 Å². The molecule has 2 rings (SSSR count). The molecule has 88 valence electrons. The van der Waals surface area contributed by atoms with Crippen molar-refractivity contribution in [1.29, 1.82) is 5.26 Å². The number of rotatable bonds is 1. The zero-order valence-electron chi connectivity index (χ0n) is 9.76. The highest BCUT2D eigenvalue weighted by atomic mass is 15.3. The molecule has 0 aliphatic carbocycles. The van der Waals surface area contributed by atoms with Crippen LogP contribution in [0, 0.1) is 11.5 Å². The van der Waals surface area contributed by atoms with Gasteiger partial charge in [0.25, 0.3) is 0 Å². The van der Waals surface area contributed by atoms with Crippen molar-refractivity contribution in [2.24, 2.45) is 4.99 Å². The Morgan fingerprint density at radius 3 is 2.53 bits per heavy atom. The molecule has 4 nitrogen and oxygen atoms in total. The Bertz CT molecular complexity index is 413. The van der Waals surface area contributed by atoms with E-state index in [0.29, 0.717) is 5.96 Å². The Kier molecular flexibility index (Phi) is 3.98. The van der Waals surface area contributed by atoms with E-state index in [-0.39, 0.29) is 0 Å². The highest BCUT2D eigenvalue weighted by Gasteiger charge is 2.14. The third kappa shape index (κ3) is 3.22. The van der Waals surface area contributed by atoms with Crippen LogP contribution < -0.4 is 5.32 Å². The number of para-hydroxylation sites is 1. The summed E-state index contributed by atoms with van der Waals surface area (Å²) in [5.41, 5.74) is 0.871. The molecule has 0 spiro atoms. The minimum Gasteiger partial charge on any atom is -0.342 e. The quantitative estimate of drug-likeness (QED) is 0.347. The first-order valence-electron chi connectivity index (χ1n) is 5.94. The molecule has 0 unspecified atom stereocenters. The number of guanidine groups is 1. The summed E-state index contributed by atoms with van der Waals surface area (Å²) in [5, 5.41) is 11.5. The van der Waals surface area contributed by atoms with Gasteiger partial charge in [0.15, 0.2) is 6.19 Å². The number of piperidine rings is 1. The van der Waals surface area contributed by atoms with Crippen molar-refractivity contribution in [2.75, 3.05) is 13.1 Å². The minimum atomic E-state index is 0.665. The molecule has 1 saturated heterocycles. The average Bonchev–Trinajstić information content (AvgIpc) is 2.40. The Balaban J connectivity index is 2.16. The van der Waals surface area contributed by atoms with E-state index in [1.807, 2.05) is 36.5 Å². The van der Waals surface area contributed by atoms with Gasteiger partial charge in [-0.2, -0.15) is 5.26 Å². The highest BCUT2D eigenvalue weighted by Crippen LogP contribution is 2.13. The molecule has 0 atom stereocenters. The third-order valence-electron chi connectivity index (χ3n) is 2.81. The highest BCUT2D eigenvalue weighted by molar-refractivity contribution is 5.84. The smallest absolute Gasteiger partial charge is 0.212 e. The summed E-state index contributed by atoms with van der Waals surface area (Å²) in [7, 11) is 0. The predicted molar refractivity (Wildman–Crippen MR) is 67.7 cm³/mol. The lowest BCUT2D eigenvalue weighted by Gasteiger charge is -2.28. The van der Waals surface area contributed by atoms with Gasteiger partial charge in [0.2, 0.25) is 5.96 Å². The molecule has 0 bridgehead atoms. The second kappa shape index (κ2) is 5.90. The second-order valence-corrected chi connectivity index (χ2v) is 4.06. The zero-order chi connectivity index (χ0) is 11.9. The SMILES string of the molecule is N#CNC(=Nc1ccccc1)N1CCCCC1. The van der Waals surface area contributed by atoms with Crippen LogP contribution in [0.5, 0.6) is 0 Å². The van der Waals surface area contributed by atoms with E-state index in [9.17, 15) is 0 Å². The van der Waals surface area contributed by atoms with Crippen LogP contribution in [0.4, 0.5) is 5.69 Å². The molecule has 1 aliphatic heterocycles. The lowest BCUT2D eigenvalue weighted by atomic mass is 10.1. The van der Waals surface area contributed by atoms with Gasteiger partial charge in [0.05, 0.1) is 5.69 Å². The first kappa shape index (κ1) is 11.5. The maximum atomic E-state index is 8.78. The summed E-state index contributed by atoms with van der Waals surface area (Å²) in [4.78, 5) is 6.62. The van der Waals surface area contributed by atoms with Gasteiger partial charge in [-0.3, -0.25) is 5.32 Å². The number of hydrogen-bond donors (Lipinski definition) is 1. The molecule has 0 aromatic heterocycles. The van der Waals surface area contributed by atoms with E-state index < -0.39 is 0 Å². The van der Waals surface area contributed by atoms with E-state index >= 15 is 0 Å². The number of nitrogens with zero attached hydrogens (tertiary/aromatic N) is 3. The van der Waals surface area contributed by atoms with Gasteiger partial charge < -0.3 is 4.90 Å². The molecule has 1 heterocycles. The lowest BCUT2D eigenvalue weighted by Crippen LogP contribution is -2.42. The number of likely N-dealkylation sites (tertiary alicyclic amines) is 1. The maximum Gasteiger partial charge on any atom is 0.212 e. The normalized spacial score (nSPS) is 16.4. The number of nitrogens with one attached hydrogen (secondary N) is 1. The van der Waals surface area contributed by atoms with E-state index in [0.717, 1.165) is 18.8 Å². The van der Waals surface area contributed by atoms with Crippen LogP contribution in [-0.4, -0.2) is 23.9 Å². The number of nitriles is 1.